The van der Waals surface area contributed by atoms with Crippen molar-refractivity contribution in [1.29, 1.82) is 0 Å². The summed E-state index contributed by atoms with van der Waals surface area (Å²) in [5, 5.41) is 7.88. The summed E-state index contributed by atoms with van der Waals surface area (Å²) in [7, 11) is 0. The molecule has 4 heteroatoms. The van der Waals surface area contributed by atoms with E-state index >= 15 is 0 Å². The molecule has 2 rings (SSSR count). The maximum atomic E-state index is 5.79. The van der Waals surface area contributed by atoms with Crippen molar-refractivity contribution < 1.29 is 4.42 Å². The fraction of sp³-hybridized carbons (Fsp3) is 0.273. The monoisotopic (exact) mass is 203 g/mol. The van der Waals surface area contributed by atoms with E-state index in [4.69, 9.17) is 10.2 Å². The minimum absolute atomic E-state index is 0.171. The summed E-state index contributed by atoms with van der Waals surface area (Å²) in [4.78, 5) is 0. The lowest BCUT2D eigenvalue weighted by molar-refractivity contribution is 0.452. The van der Waals surface area contributed by atoms with E-state index < -0.39 is 0 Å². The van der Waals surface area contributed by atoms with Gasteiger partial charge in [-0.1, -0.05) is 25.1 Å². The van der Waals surface area contributed by atoms with E-state index in [1.165, 1.54) is 0 Å². The van der Waals surface area contributed by atoms with E-state index in [0.29, 0.717) is 11.8 Å². The maximum Gasteiger partial charge on any atom is 0.247 e. The van der Waals surface area contributed by atoms with Crippen molar-refractivity contribution in [2.45, 2.75) is 19.4 Å². The van der Waals surface area contributed by atoms with Gasteiger partial charge in [0.1, 0.15) is 0 Å². The first-order valence-electron chi connectivity index (χ1n) is 4.95. The van der Waals surface area contributed by atoms with Gasteiger partial charge < -0.3 is 10.2 Å². The molecule has 0 fully saturated rings. The van der Waals surface area contributed by atoms with Crippen LogP contribution in [0.5, 0.6) is 0 Å². The number of benzene rings is 1. The van der Waals surface area contributed by atoms with Gasteiger partial charge in [-0.05, 0) is 18.6 Å². The molecule has 1 unspecified atom stereocenters. The molecule has 15 heavy (non-hydrogen) atoms. The summed E-state index contributed by atoms with van der Waals surface area (Å²) in [5.41, 5.74) is 6.71. The summed E-state index contributed by atoms with van der Waals surface area (Å²) < 4.78 is 5.48. The van der Waals surface area contributed by atoms with Gasteiger partial charge in [0.15, 0.2) is 0 Å². The van der Waals surface area contributed by atoms with E-state index in [9.17, 15) is 0 Å². The number of hydrogen-bond acceptors (Lipinski definition) is 4. The predicted molar refractivity (Wildman–Crippen MR) is 57.0 cm³/mol. The highest BCUT2D eigenvalue weighted by atomic mass is 16.4. The molecule has 1 aromatic heterocycles. The molecule has 1 heterocycles. The Kier molecular flexibility index (Phi) is 2.78. The molecule has 0 spiro atoms. The molecule has 78 valence electrons. The Labute approximate surface area is 88.1 Å². The molecular formula is C11H13N3O. The van der Waals surface area contributed by atoms with Crippen LogP contribution in [0.3, 0.4) is 0 Å². The van der Waals surface area contributed by atoms with Crippen molar-refractivity contribution in [2.24, 2.45) is 5.73 Å². The van der Waals surface area contributed by atoms with Crippen LogP contribution in [0.1, 0.15) is 25.3 Å². The number of nitrogens with zero attached hydrogens (tertiary/aromatic N) is 2. The second kappa shape index (κ2) is 4.23. The van der Waals surface area contributed by atoms with Gasteiger partial charge in [-0.2, -0.15) is 0 Å². The summed E-state index contributed by atoms with van der Waals surface area (Å²) in [6.45, 7) is 1.98. The Hall–Kier alpha value is -1.68. The lowest BCUT2D eigenvalue weighted by atomic mass is 10.2. The molecule has 0 aliphatic heterocycles. The average molecular weight is 203 g/mol. The van der Waals surface area contributed by atoms with E-state index in [0.717, 1.165) is 12.0 Å². The van der Waals surface area contributed by atoms with Gasteiger partial charge in [0.05, 0.1) is 6.04 Å². The minimum atomic E-state index is -0.171. The third-order valence-corrected chi connectivity index (χ3v) is 2.22. The molecule has 2 aromatic rings. The van der Waals surface area contributed by atoms with Crippen LogP contribution in [-0.4, -0.2) is 10.2 Å². The van der Waals surface area contributed by atoms with Gasteiger partial charge in [-0.25, -0.2) is 0 Å². The first-order chi connectivity index (χ1) is 7.31. The highest BCUT2D eigenvalue weighted by Crippen LogP contribution is 2.20. The lowest BCUT2D eigenvalue weighted by Gasteiger charge is -2.00. The van der Waals surface area contributed by atoms with Crippen LogP contribution in [0.15, 0.2) is 34.7 Å². The Morgan fingerprint density at radius 2 is 2.00 bits per heavy atom. The third kappa shape index (κ3) is 2.05. The number of aromatic nitrogens is 2. The standard InChI is InChI=1S/C11H13N3O/c1-2-9(12)11-14-13-10(15-11)8-6-4-3-5-7-8/h3-7,9H,2,12H2,1H3. The zero-order valence-corrected chi connectivity index (χ0v) is 8.55. The van der Waals surface area contributed by atoms with E-state index in [1.807, 2.05) is 37.3 Å². The summed E-state index contributed by atoms with van der Waals surface area (Å²) in [5.74, 6) is 1.02. The Bertz CT molecular complexity index is 424. The Morgan fingerprint density at radius 3 is 2.67 bits per heavy atom. The van der Waals surface area contributed by atoms with Crippen LogP contribution in [-0.2, 0) is 0 Å². The summed E-state index contributed by atoms with van der Waals surface area (Å²) in [6, 6.07) is 9.48. The summed E-state index contributed by atoms with van der Waals surface area (Å²) >= 11 is 0. The van der Waals surface area contributed by atoms with Crippen molar-refractivity contribution in [3.05, 3.63) is 36.2 Å². The molecule has 0 aliphatic rings. The van der Waals surface area contributed by atoms with Crippen LogP contribution in [0, 0.1) is 0 Å². The van der Waals surface area contributed by atoms with Crippen molar-refractivity contribution in [3.8, 4) is 11.5 Å². The van der Waals surface area contributed by atoms with Gasteiger partial charge in [0, 0.05) is 5.56 Å². The minimum Gasteiger partial charge on any atom is -0.419 e. The van der Waals surface area contributed by atoms with Crippen LogP contribution in [0.2, 0.25) is 0 Å². The van der Waals surface area contributed by atoms with Crippen molar-refractivity contribution in [1.82, 2.24) is 10.2 Å². The second-order valence-corrected chi connectivity index (χ2v) is 3.33. The number of rotatable bonds is 3. The zero-order chi connectivity index (χ0) is 10.7. The Balaban J connectivity index is 2.28. The third-order valence-electron chi connectivity index (χ3n) is 2.22. The van der Waals surface area contributed by atoms with E-state index in [-0.39, 0.29) is 6.04 Å². The molecule has 0 aliphatic carbocycles. The van der Waals surface area contributed by atoms with Crippen molar-refractivity contribution in [3.63, 3.8) is 0 Å². The molecular weight excluding hydrogens is 190 g/mol. The maximum absolute atomic E-state index is 5.79. The van der Waals surface area contributed by atoms with Crippen LogP contribution >= 0.6 is 0 Å². The normalized spacial score (nSPS) is 12.7. The van der Waals surface area contributed by atoms with Gasteiger partial charge in [-0.3, -0.25) is 0 Å². The smallest absolute Gasteiger partial charge is 0.247 e. The Morgan fingerprint density at radius 1 is 1.27 bits per heavy atom. The lowest BCUT2D eigenvalue weighted by Crippen LogP contribution is -2.08. The predicted octanol–water partition coefficient (Wildman–Crippen LogP) is 2.15. The van der Waals surface area contributed by atoms with Crippen molar-refractivity contribution in [2.75, 3.05) is 0 Å². The topological polar surface area (TPSA) is 64.9 Å². The SMILES string of the molecule is CCC(N)c1nnc(-c2ccccc2)o1. The highest BCUT2D eigenvalue weighted by molar-refractivity contribution is 5.51. The molecule has 1 atom stereocenters. The molecule has 0 saturated carbocycles. The fourth-order valence-electron chi connectivity index (χ4n) is 1.26. The molecule has 0 bridgehead atoms. The average Bonchev–Trinajstić information content (AvgIpc) is 2.78. The first-order valence-corrected chi connectivity index (χ1v) is 4.95. The first kappa shape index (κ1) is 9.86. The quantitative estimate of drug-likeness (QED) is 0.830. The second-order valence-electron chi connectivity index (χ2n) is 3.33. The van der Waals surface area contributed by atoms with E-state index in [1.54, 1.807) is 0 Å². The highest BCUT2D eigenvalue weighted by Gasteiger charge is 2.12. The van der Waals surface area contributed by atoms with Crippen LogP contribution in [0.4, 0.5) is 0 Å². The van der Waals surface area contributed by atoms with Gasteiger partial charge in [0.25, 0.3) is 0 Å². The van der Waals surface area contributed by atoms with Crippen LogP contribution < -0.4 is 5.73 Å². The molecule has 0 radical (unpaired) electrons. The molecule has 0 saturated heterocycles. The molecule has 1 aromatic carbocycles. The summed E-state index contributed by atoms with van der Waals surface area (Å²) in [6.07, 6.45) is 0.788. The molecule has 4 nitrogen and oxygen atoms in total. The molecule has 2 N–H and O–H groups in total. The van der Waals surface area contributed by atoms with E-state index in [2.05, 4.69) is 10.2 Å². The van der Waals surface area contributed by atoms with Gasteiger partial charge in [-0.15, -0.1) is 10.2 Å². The van der Waals surface area contributed by atoms with Crippen molar-refractivity contribution >= 4 is 0 Å². The fourth-order valence-corrected chi connectivity index (χ4v) is 1.26. The zero-order valence-electron chi connectivity index (χ0n) is 8.55. The number of hydrogen-bond donors (Lipinski definition) is 1. The van der Waals surface area contributed by atoms with Gasteiger partial charge in [0.2, 0.25) is 11.8 Å². The largest absolute Gasteiger partial charge is 0.419 e. The number of nitrogens with two attached hydrogens (primary N) is 1. The van der Waals surface area contributed by atoms with Crippen LogP contribution in [0.25, 0.3) is 11.5 Å². The van der Waals surface area contributed by atoms with Gasteiger partial charge >= 0.3 is 0 Å². The molecule has 0 amide bonds.